The van der Waals surface area contributed by atoms with Gasteiger partial charge in [-0.25, -0.2) is 14.1 Å². The number of hydrogen-bond donors (Lipinski definition) is 0. The number of benzene rings is 1. The van der Waals surface area contributed by atoms with Crippen molar-refractivity contribution >= 4 is 0 Å². The number of hydrogen-bond acceptors (Lipinski definition) is 2. The van der Waals surface area contributed by atoms with Crippen molar-refractivity contribution in [3.8, 4) is 5.69 Å². The van der Waals surface area contributed by atoms with Crippen molar-refractivity contribution in [2.45, 2.75) is 33.6 Å². The van der Waals surface area contributed by atoms with Crippen LogP contribution in [0.1, 0.15) is 33.0 Å². The molecule has 3 nitrogen and oxygen atoms in total. The summed E-state index contributed by atoms with van der Waals surface area (Å²) in [5, 5.41) is 4.04. The fraction of sp³-hybridized carbons (Fsp3) is 0.385. The van der Waals surface area contributed by atoms with E-state index in [0.29, 0.717) is 5.69 Å². The molecule has 0 unspecified atom stereocenters. The lowest BCUT2D eigenvalue weighted by molar-refractivity contribution is 0.624. The minimum absolute atomic E-state index is 0.264. The van der Waals surface area contributed by atoms with Gasteiger partial charge in [-0.05, 0) is 18.2 Å². The lowest BCUT2D eigenvalue weighted by Crippen LogP contribution is -2.02. The van der Waals surface area contributed by atoms with Crippen LogP contribution in [0, 0.1) is 5.82 Å². The van der Waals surface area contributed by atoms with Crippen molar-refractivity contribution < 1.29 is 4.39 Å². The molecule has 4 heteroatoms. The number of rotatable bonds is 2. The topological polar surface area (TPSA) is 30.7 Å². The first kappa shape index (κ1) is 13.4. The second-order valence-corrected chi connectivity index (χ2v) is 3.63. The number of aromatic nitrogens is 3. The summed E-state index contributed by atoms with van der Waals surface area (Å²) in [6, 6.07) is 6.31. The van der Waals surface area contributed by atoms with Crippen molar-refractivity contribution in [2.75, 3.05) is 0 Å². The van der Waals surface area contributed by atoms with Crippen LogP contribution in [0.2, 0.25) is 0 Å². The summed E-state index contributed by atoms with van der Waals surface area (Å²) in [7, 11) is 0. The molecule has 0 radical (unpaired) electrons. The van der Waals surface area contributed by atoms with Gasteiger partial charge in [0.05, 0.1) is 5.69 Å². The van der Waals surface area contributed by atoms with Gasteiger partial charge < -0.3 is 0 Å². The van der Waals surface area contributed by atoms with Gasteiger partial charge in [0.2, 0.25) is 0 Å². The van der Waals surface area contributed by atoms with Gasteiger partial charge in [-0.15, -0.1) is 0 Å². The molecule has 0 fully saturated rings. The smallest absolute Gasteiger partial charge is 0.138 e. The molecule has 2 aromatic rings. The summed E-state index contributed by atoms with van der Waals surface area (Å²) in [6.07, 6.45) is 3.50. The van der Waals surface area contributed by atoms with E-state index in [1.165, 1.54) is 24.9 Å². The van der Waals surface area contributed by atoms with Crippen LogP contribution in [0.5, 0.6) is 0 Å². The van der Waals surface area contributed by atoms with E-state index in [0.717, 1.165) is 12.2 Å². The lowest BCUT2D eigenvalue weighted by Gasteiger charge is -2.03. The molecule has 0 N–H and O–H groups in total. The third-order valence-corrected chi connectivity index (χ3v) is 1.99. The maximum atomic E-state index is 12.9. The lowest BCUT2D eigenvalue weighted by atomic mass is 10.3. The van der Waals surface area contributed by atoms with E-state index in [2.05, 4.69) is 23.9 Å². The summed E-state index contributed by atoms with van der Waals surface area (Å²) < 4.78 is 14.6. The van der Waals surface area contributed by atoms with E-state index in [9.17, 15) is 4.39 Å². The highest BCUT2D eigenvalue weighted by Crippen LogP contribution is 2.10. The minimum atomic E-state index is -0.264. The van der Waals surface area contributed by atoms with Gasteiger partial charge >= 0.3 is 0 Å². The highest BCUT2D eigenvalue weighted by atomic mass is 19.1. The molecular weight excluding hydrogens is 217 g/mol. The van der Waals surface area contributed by atoms with Gasteiger partial charge in [0.1, 0.15) is 18.0 Å². The van der Waals surface area contributed by atoms with Gasteiger partial charge in [-0.1, -0.05) is 33.3 Å². The molecule has 0 spiro atoms. The first-order valence-electron chi connectivity index (χ1n) is 5.87. The third kappa shape index (κ3) is 3.66. The fourth-order valence-corrected chi connectivity index (χ4v) is 1.33. The first-order chi connectivity index (χ1) is 8.22. The SMILES string of the molecule is CCC.CCc1ncnn1-c1cccc(F)c1. The van der Waals surface area contributed by atoms with Crippen molar-refractivity contribution in [3.05, 3.63) is 42.2 Å². The van der Waals surface area contributed by atoms with Crippen LogP contribution in [0.3, 0.4) is 0 Å². The largest absolute Gasteiger partial charge is 0.220 e. The van der Waals surface area contributed by atoms with E-state index >= 15 is 0 Å². The molecule has 0 bridgehead atoms. The number of nitrogens with zero attached hydrogens (tertiary/aromatic N) is 3. The minimum Gasteiger partial charge on any atom is -0.220 e. The monoisotopic (exact) mass is 235 g/mol. The van der Waals surface area contributed by atoms with Crippen LogP contribution in [-0.2, 0) is 6.42 Å². The van der Waals surface area contributed by atoms with E-state index in [-0.39, 0.29) is 5.82 Å². The molecule has 0 saturated heterocycles. The molecule has 0 saturated carbocycles. The van der Waals surface area contributed by atoms with Crippen LogP contribution in [-0.4, -0.2) is 14.8 Å². The van der Waals surface area contributed by atoms with Crippen molar-refractivity contribution in [1.29, 1.82) is 0 Å². The van der Waals surface area contributed by atoms with Gasteiger partial charge in [-0.3, -0.25) is 0 Å². The van der Waals surface area contributed by atoms with Gasteiger partial charge in [0.15, 0.2) is 0 Å². The number of aryl methyl sites for hydroxylation is 1. The third-order valence-electron chi connectivity index (χ3n) is 1.99. The Kier molecular flexibility index (Phi) is 5.33. The molecule has 1 aromatic carbocycles. The fourth-order valence-electron chi connectivity index (χ4n) is 1.33. The highest BCUT2D eigenvalue weighted by molar-refractivity contribution is 5.31. The molecule has 0 amide bonds. The average molecular weight is 235 g/mol. The summed E-state index contributed by atoms with van der Waals surface area (Å²) in [5.41, 5.74) is 0.708. The van der Waals surface area contributed by atoms with Crippen LogP contribution in [0.25, 0.3) is 5.69 Å². The van der Waals surface area contributed by atoms with Crippen molar-refractivity contribution in [2.24, 2.45) is 0 Å². The second kappa shape index (κ2) is 6.78. The Hall–Kier alpha value is -1.71. The molecule has 92 valence electrons. The number of halogens is 1. The molecule has 0 aliphatic rings. The van der Waals surface area contributed by atoms with Crippen LogP contribution in [0.4, 0.5) is 4.39 Å². The standard InChI is InChI=1S/C10H10FN3.C3H8/c1-2-10-12-7-13-14(10)9-5-3-4-8(11)6-9;1-3-2/h3-7H,2H2,1H3;3H2,1-2H3. The molecule has 0 aliphatic heterocycles. The molecule has 17 heavy (non-hydrogen) atoms. The van der Waals surface area contributed by atoms with Crippen molar-refractivity contribution in [3.63, 3.8) is 0 Å². The summed E-state index contributed by atoms with van der Waals surface area (Å²) in [5.74, 6) is 0.565. The van der Waals surface area contributed by atoms with E-state index in [1.54, 1.807) is 16.8 Å². The summed E-state index contributed by atoms with van der Waals surface area (Å²) in [4.78, 5) is 4.07. The van der Waals surface area contributed by atoms with Crippen molar-refractivity contribution in [1.82, 2.24) is 14.8 Å². The maximum absolute atomic E-state index is 12.9. The van der Waals surface area contributed by atoms with E-state index < -0.39 is 0 Å². The van der Waals surface area contributed by atoms with E-state index in [1.807, 2.05) is 6.92 Å². The average Bonchev–Trinajstić information content (AvgIpc) is 2.78. The Morgan fingerprint density at radius 3 is 2.53 bits per heavy atom. The zero-order valence-corrected chi connectivity index (χ0v) is 10.5. The zero-order valence-electron chi connectivity index (χ0n) is 10.5. The molecule has 1 aromatic heterocycles. The Morgan fingerprint density at radius 1 is 1.24 bits per heavy atom. The highest BCUT2D eigenvalue weighted by Gasteiger charge is 2.04. The Morgan fingerprint density at radius 2 is 1.94 bits per heavy atom. The Labute approximate surface area is 101 Å². The molecule has 2 rings (SSSR count). The van der Waals surface area contributed by atoms with E-state index in [4.69, 9.17) is 0 Å². The quantitative estimate of drug-likeness (QED) is 0.798. The van der Waals surface area contributed by atoms with Gasteiger partial charge in [0.25, 0.3) is 0 Å². The molecule has 0 atom stereocenters. The van der Waals surface area contributed by atoms with Gasteiger partial charge in [-0.2, -0.15) is 5.10 Å². The predicted molar refractivity (Wildman–Crippen MR) is 66.7 cm³/mol. The maximum Gasteiger partial charge on any atom is 0.138 e. The normalized spacial score (nSPS) is 9.65. The van der Waals surface area contributed by atoms with Crippen LogP contribution < -0.4 is 0 Å². The summed E-state index contributed by atoms with van der Waals surface area (Å²) in [6.45, 7) is 6.24. The molecule has 0 aliphatic carbocycles. The molecule has 1 heterocycles. The first-order valence-corrected chi connectivity index (χ1v) is 5.87. The predicted octanol–water partition coefficient (Wildman–Crippen LogP) is 3.39. The Balaban J connectivity index is 0.000000437. The summed E-state index contributed by atoms with van der Waals surface area (Å²) >= 11 is 0. The second-order valence-electron chi connectivity index (χ2n) is 3.63. The van der Waals surface area contributed by atoms with Crippen LogP contribution in [0.15, 0.2) is 30.6 Å². The Bertz CT molecular complexity index is 451. The molecular formula is C13H18FN3. The van der Waals surface area contributed by atoms with Gasteiger partial charge in [0, 0.05) is 6.42 Å². The zero-order chi connectivity index (χ0) is 12.7. The van der Waals surface area contributed by atoms with Crippen LogP contribution >= 0.6 is 0 Å².